The minimum atomic E-state index is -2.93. The van der Waals surface area contributed by atoms with E-state index in [1.54, 1.807) is 0 Å². The summed E-state index contributed by atoms with van der Waals surface area (Å²) >= 11 is 0. The molecule has 0 aliphatic rings. The zero-order valence-corrected chi connectivity index (χ0v) is 9.05. The molecule has 0 aliphatic heterocycles. The van der Waals surface area contributed by atoms with Gasteiger partial charge in [-0.3, -0.25) is 4.79 Å². The molecule has 0 bridgehead atoms. The number of hydrogen-bond donors (Lipinski definition) is 1. The van der Waals surface area contributed by atoms with Gasteiger partial charge in [-0.15, -0.1) is 0 Å². The first-order chi connectivity index (χ1) is 6.34. The van der Waals surface area contributed by atoms with Gasteiger partial charge in [0, 0.05) is 12.6 Å². The summed E-state index contributed by atoms with van der Waals surface area (Å²) in [5.74, 6) is -1.05. The molecular formula is C9H18F2N2O. The molecule has 0 saturated carbocycles. The Morgan fingerprint density at radius 1 is 1.36 bits per heavy atom. The molecule has 14 heavy (non-hydrogen) atoms. The van der Waals surface area contributed by atoms with Gasteiger partial charge in [0.05, 0.1) is 0 Å². The minimum absolute atomic E-state index is 0.139. The molecule has 1 unspecified atom stereocenters. The summed E-state index contributed by atoms with van der Waals surface area (Å²) in [4.78, 5) is 12.6. The van der Waals surface area contributed by atoms with Crippen LogP contribution in [0.25, 0.3) is 0 Å². The molecular weight excluding hydrogens is 190 g/mol. The SMILES string of the molecule is CC(C)C(CN(C)C)NC(=O)C(F)F. The van der Waals surface area contributed by atoms with E-state index in [1.165, 1.54) is 0 Å². The van der Waals surface area contributed by atoms with Gasteiger partial charge in [0.15, 0.2) is 0 Å². The van der Waals surface area contributed by atoms with Gasteiger partial charge in [0.25, 0.3) is 5.91 Å². The van der Waals surface area contributed by atoms with Gasteiger partial charge in [-0.2, -0.15) is 8.78 Å². The lowest BCUT2D eigenvalue weighted by molar-refractivity contribution is -0.132. The van der Waals surface area contributed by atoms with Crippen LogP contribution < -0.4 is 5.32 Å². The normalized spacial score (nSPS) is 13.8. The van der Waals surface area contributed by atoms with Gasteiger partial charge in [-0.05, 0) is 20.0 Å². The Labute approximate surface area is 83.5 Å². The lowest BCUT2D eigenvalue weighted by atomic mass is 10.0. The van der Waals surface area contributed by atoms with Gasteiger partial charge < -0.3 is 10.2 Å². The molecule has 3 nitrogen and oxygen atoms in total. The lowest BCUT2D eigenvalue weighted by Crippen LogP contribution is -2.46. The third-order valence-corrected chi connectivity index (χ3v) is 1.89. The highest BCUT2D eigenvalue weighted by atomic mass is 19.3. The maximum absolute atomic E-state index is 12.0. The third kappa shape index (κ3) is 5.11. The molecule has 0 aromatic heterocycles. The van der Waals surface area contributed by atoms with Crippen molar-refractivity contribution in [2.75, 3.05) is 20.6 Å². The topological polar surface area (TPSA) is 32.3 Å². The highest BCUT2D eigenvalue weighted by Crippen LogP contribution is 2.04. The van der Waals surface area contributed by atoms with Crippen molar-refractivity contribution in [2.24, 2.45) is 5.92 Å². The van der Waals surface area contributed by atoms with E-state index in [1.807, 2.05) is 32.8 Å². The fourth-order valence-electron chi connectivity index (χ4n) is 1.06. The van der Waals surface area contributed by atoms with Crippen LogP contribution in [0, 0.1) is 5.92 Å². The maximum atomic E-state index is 12.0. The van der Waals surface area contributed by atoms with Crippen molar-refractivity contribution in [3.8, 4) is 0 Å². The first-order valence-corrected chi connectivity index (χ1v) is 4.57. The number of likely N-dealkylation sites (N-methyl/N-ethyl adjacent to an activating group) is 1. The van der Waals surface area contributed by atoms with Crippen molar-refractivity contribution in [3.05, 3.63) is 0 Å². The number of hydrogen-bond acceptors (Lipinski definition) is 2. The van der Waals surface area contributed by atoms with Gasteiger partial charge >= 0.3 is 6.43 Å². The number of nitrogens with one attached hydrogen (secondary N) is 1. The number of rotatable bonds is 5. The van der Waals surface area contributed by atoms with Crippen LogP contribution >= 0.6 is 0 Å². The van der Waals surface area contributed by atoms with Crippen LogP contribution in [-0.2, 0) is 4.79 Å². The summed E-state index contributed by atoms with van der Waals surface area (Å²) in [6, 6.07) is -0.230. The van der Waals surface area contributed by atoms with E-state index >= 15 is 0 Å². The molecule has 1 atom stereocenters. The van der Waals surface area contributed by atoms with Crippen molar-refractivity contribution >= 4 is 5.91 Å². The van der Waals surface area contributed by atoms with Crippen molar-refractivity contribution in [1.29, 1.82) is 0 Å². The molecule has 1 amide bonds. The van der Waals surface area contributed by atoms with Crippen LogP contribution in [0.15, 0.2) is 0 Å². The van der Waals surface area contributed by atoms with Crippen LogP contribution in [0.3, 0.4) is 0 Å². The second kappa shape index (κ2) is 5.90. The third-order valence-electron chi connectivity index (χ3n) is 1.89. The smallest absolute Gasteiger partial charge is 0.315 e. The number of alkyl halides is 2. The second-order valence-electron chi connectivity index (χ2n) is 3.92. The Morgan fingerprint density at radius 3 is 2.14 bits per heavy atom. The van der Waals surface area contributed by atoms with Crippen LogP contribution in [0.5, 0.6) is 0 Å². The number of halogens is 2. The molecule has 1 N–H and O–H groups in total. The maximum Gasteiger partial charge on any atom is 0.315 e. The molecule has 0 aliphatic carbocycles. The lowest BCUT2D eigenvalue weighted by Gasteiger charge is -2.25. The highest BCUT2D eigenvalue weighted by Gasteiger charge is 2.22. The number of carbonyl (C=O) groups excluding carboxylic acids is 1. The van der Waals surface area contributed by atoms with E-state index in [-0.39, 0.29) is 12.0 Å². The molecule has 0 spiro atoms. The number of nitrogens with zero attached hydrogens (tertiary/aromatic N) is 1. The second-order valence-corrected chi connectivity index (χ2v) is 3.92. The number of amides is 1. The predicted molar refractivity (Wildman–Crippen MR) is 51.3 cm³/mol. The molecule has 84 valence electrons. The average Bonchev–Trinajstić information content (AvgIpc) is 2.01. The fourth-order valence-corrected chi connectivity index (χ4v) is 1.06. The first-order valence-electron chi connectivity index (χ1n) is 4.57. The Bertz CT molecular complexity index is 184. The van der Waals surface area contributed by atoms with E-state index in [0.29, 0.717) is 6.54 Å². The predicted octanol–water partition coefficient (Wildman–Crippen LogP) is 0.954. The quantitative estimate of drug-likeness (QED) is 0.729. The van der Waals surface area contributed by atoms with Gasteiger partial charge in [-0.25, -0.2) is 0 Å². The average molecular weight is 208 g/mol. The van der Waals surface area contributed by atoms with Crippen LogP contribution in [0.4, 0.5) is 8.78 Å². The summed E-state index contributed by atoms with van der Waals surface area (Å²) in [7, 11) is 3.67. The molecule has 0 radical (unpaired) electrons. The summed E-state index contributed by atoms with van der Waals surface area (Å²) in [6.07, 6.45) is -2.93. The summed E-state index contributed by atoms with van der Waals surface area (Å²) in [6.45, 7) is 4.34. The molecule has 0 fully saturated rings. The highest BCUT2D eigenvalue weighted by molar-refractivity contribution is 5.79. The van der Waals surface area contributed by atoms with E-state index in [2.05, 4.69) is 5.32 Å². The fraction of sp³-hybridized carbons (Fsp3) is 0.889. The van der Waals surface area contributed by atoms with E-state index in [9.17, 15) is 13.6 Å². The molecule has 0 rings (SSSR count). The number of carbonyl (C=O) groups is 1. The largest absolute Gasteiger partial charge is 0.347 e. The van der Waals surface area contributed by atoms with Crippen molar-refractivity contribution in [2.45, 2.75) is 26.3 Å². The zero-order valence-electron chi connectivity index (χ0n) is 9.05. The molecule has 0 aromatic carbocycles. The molecule has 0 aromatic rings. The van der Waals surface area contributed by atoms with Gasteiger partial charge in [0.1, 0.15) is 0 Å². The Hall–Kier alpha value is -0.710. The Morgan fingerprint density at radius 2 is 1.86 bits per heavy atom. The van der Waals surface area contributed by atoms with E-state index < -0.39 is 12.3 Å². The molecule has 0 heterocycles. The zero-order chi connectivity index (χ0) is 11.3. The van der Waals surface area contributed by atoms with E-state index in [4.69, 9.17) is 0 Å². The monoisotopic (exact) mass is 208 g/mol. The first kappa shape index (κ1) is 13.3. The Balaban J connectivity index is 4.16. The van der Waals surface area contributed by atoms with Crippen molar-refractivity contribution < 1.29 is 13.6 Å². The standard InChI is InChI=1S/C9H18F2N2O/c1-6(2)7(5-13(3)4)12-9(14)8(10)11/h6-8H,5H2,1-4H3,(H,12,14). The van der Waals surface area contributed by atoms with Crippen molar-refractivity contribution in [1.82, 2.24) is 10.2 Å². The summed E-state index contributed by atoms with van der Waals surface area (Å²) in [5, 5.41) is 2.32. The molecule has 5 heteroatoms. The van der Waals surface area contributed by atoms with E-state index in [0.717, 1.165) is 0 Å². The van der Waals surface area contributed by atoms with Crippen LogP contribution in [0.2, 0.25) is 0 Å². The van der Waals surface area contributed by atoms with Crippen LogP contribution in [0.1, 0.15) is 13.8 Å². The summed E-state index contributed by atoms with van der Waals surface area (Å²) < 4.78 is 23.9. The minimum Gasteiger partial charge on any atom is -0.347 e. The Kier molecular flexibility index (Phi) is 5.60. The van der Waals surface area contributed by atoms with Crippen LogP contribution in [-0.4, -0.2) is 43.9 Å². The van der Waals surface area contributed by atoms with Gasteiger partial charge in [-0.1, -0.05) is 13.8 Å². The summed E-state index contributed by atoms with van der Waals surface area (Å²) in [5.41, 5.74) is 0. The van der Waals surface area contributed by atoms with Gasteiger partial charge in [0.2, 0.25) is 0 Å². The van der Waals surface area contributed by atoms with Crippen molar-refractivity contribution in [3.63, 3.8) is 0 Å². The molecule has 0 saturated heterocycles.